The van der Waals surface area contributed by atoms with Gasteiger partial charge in [-0.1, -0.05) is 12.1 Å². The fourth-order valence-corrected chi connectivity index (χ4v) is 2.48. The summed E-state index contributed by atoms with van der Waals surface area (Å²) in [5.74, 6) is 0.746. The number of hydrogen-bond acceptors (Lipinski definition) is 4. The number of nitrogens with zero attached hydrogens (tertiary/aromatic N) is 2. The van der Waals surface area contributed by atoms with E-state index in [2.05, 4.69) is 6.92 Å². The van der Waals surface area contributed by atoms with Gasteiger partial charge in [-0.2, -0.15) is 0 Å². The van der Waals surface area contributed by atoms with Crippen LogP contribution >= 0.6 is 0 Å². The Morgan fingerprint density at radius 3 is 2.74 bits per heavy atom. The highest BCUT2D eigenvalue weighted by Gasteiger charge is 2.37. The van der Waals surface area contributed by atoms with Gasteiger partial charge in [0.2, 0.25) is 5.91 Å². The van der Waals surface area contributed by atoms with E-state index >= 15 is 0 Å². The standard InChI is InChI=1S/C14H21N3O2/c1-10-9-17(14(18)12(8-15)16(10)2)11-6-4-5-7-13(11)19-3/h4-7,10,12H,8-9,15H2,1-3H3. The molecule has 1 aliphatic rings. The number of anilines is 1. The van der Waals surface area contributed by atoms with Gasteiger partial charge in [-0.15, -0.1) is 0 Å². The van der Waals surface area contributed by atoms with E-state index in [1.54, 1.807) is 12.0 Å². The van der Waals surface area contributed by atoms with Crippen molar-refractivity contribution in [1.82, 2.24) is 4.90 Å². The van der Waals surface area contributed by atoms with E-state index in [0.29, 0.717) is 18.8 Å². The minimum absolute atomic E-state index is 0.0348. The summed E-state index contributed by atoms with van der Waals surface area (Å²) in [4.78, 5) is 16.3. The van der Waals surface area contributed by atoms with Crippen molar-refractivity contribution in [3.05, 3.63) is 24.3 Å². The summed E-state index contributed by atoms with van der Waals surface area (Å²) < 4.78 is 5.34. The maximum absolute atomic E-state index is 12.5. The number of rotatable bonds is 3. The lowest BCUT2D eigenvalue weighted by Gasteiger charge is -2.42. The highest BCUT2D eigenvalue weighted by atomic mass is 16.5. The van der Waals surface area contributed by atoms with Crippen LogP contribution in [-0.4, -0.2) is 50.1 Å². The minimum Gasteiger partial charge on any atom is -0.495 e. The summed E-state index contributed by atoms with van der Waals surface area (Å²) in [7, 11) is 3.56. The number of methoxy groups -OCH3 is 1. The molecule has 0 aliphatic carbocycles. The van der Waals surface area contributed by atoms with Crippen LogP contribution in [0.15, 0.2) is 24.3 Å². The number of ether oxygens (including phenoxy) is 1. The Bertz CT molecular complexity index is 464. The number of benzene rings is 1. The number of piperazine rings is 1. The van der Waals surface area contributed by atoms with E-state index in [-0.39, 0.29) is 18.0 Å². The van der Waals surface area contributed by atoms with E-state index in [4.69, 9.17) is 10.5 Å². The molecule has 19 heavy (non-hydrogen) atoms. The zero-order chi connectivity index (χ0) is 14.0. The highest BCUT2D eigenvalue weighted by Crippen LogP contribution is 2.30. The Kier molecular flexibility index (Phi) is 4.07. The summed E-state index contributed by atoms with van der Waals surface area (Å²) in [5, 5.41) is 0. The lowest BCUT2D eigenvalue weighted by atomic mass is 10.1. The third-order valence-corrected chi connectivity index (χ3v) is 3.78. The van der Waals surface area contributed by atoms with Crippen LogP contribution in [0.5, 0.6) is 5.75 Å². The van der Waals surface area contributed by atoms with Crippen molar-refractivity contribution in [3.8, 4) is 5.75 Å². The molecule has 2 unspecified atom stereocenters. The zero-order valence-corrected chi connectivity index (χ0v) is 11.7. The Balaban J connectivity index is 2.36. The van der Waals surface area contributed by atoms with Crippen molar-refractivity contribution in [2.45, 2.75) is 19.0 Å². The first-order valence-electron chi connectivity index (χ1n) is 6.46. The Hall–Kier alpha value is -1.59. The molecule has 2 N–H and O–H groups in total. The number of carbonyl (C=O) groups excluding carboxylic acids is 1. The molecule has 0 bridgehead atoms. The summed E-state index contributed by atoms with van der Waals surface area (Å²) >= 11 is 0. The molecular formula is C14H21N3O2. The first kappa shape index (κ1) is 13.8. The lowest BCUT2D eigenvalue weighted by molar-refractivity contribution is -0.126. The lowest BCUT2D eigenvalue weighted by Crippen LogP contribution is -2.62. The molecule has 104 valence electrons. The van der Waals surface area contributed by atoms with Crippen molar-refractivity contribution >= 4 is 11.6 Å². The van der Waals surface area contributed by atoms with Crippen LogP contribution < -0.4 is 15.4 Å². The molecule has 1 aromatic rings. The molecule has 1 aromatic carbocycles. The van der Waals surface area contributed by atoms with Crippen LogP contribution in [-0.2, 0) is 4.79 Å². The smallest absolute Gasteiger partial charge is 0.245 e. The van der Waals surface area contributed by atoms with Crippen molar-refractivity contribution < 1.29 is 9.53 Å². The molecular weight excluding hydrogens is 242 g/mol. The van der Waals surface area contributed by atoms with Gasteiger partial charge in [-0.05, 0) is 26.1 Å². The number of carbonyl (C=O) groups is 1. The fraction of sp³-hybridized carbons (Fsp3) is 0.500. The van der Waals surface area contributed by atoms with Gasteiger partial charge in [-0.3, -0.25) is 9.69 Å². The van der Waals surface area contributed by atoms with Gasteiger partial charge in [-0.25, -0.2) is 0 Å². The van der Waals surface area contributed by atoms with Gasteiger partial charge in [0.15, 0.2) is 0 Å². The maximum atomic E-state index is 12.5. The molecule has 0 aromatic heterocycles. The molecule has 0 spiro atoms. The predicted molar refractivity (Wildman–Crippen MR) is 75.4 cm³/mol. The van der Waals surface area contributed by atoms with Crippen LogP contribution in [0.2, 0.25) is 0 Å². The number of para-hydroxylation sites is 2. The summed E-state index contributed by atoms with van der Waals surface area (Å²) in [6.07, 6.45) is 0. The molecule has 0 saturated carbocycles. The van der Waals surface area contributed by atoms with Crippen molar-refractivity contribution in [2.75, 3.05) is 32.1 Å². The SMILES string of the molecule is COc1ccccc1N1CC(C)N(C)C(CN)C1=O. The normalized spacial score (nSPS) is 24.6. The Morgan fingerprint density at radius 1 is 1.42 bits per heavy atom. The fourth-order valence-electron chi connectivity index (χ4n) is 2.48. The van der Waals surface area contributed by atoms with E-state index in [0.717, 1.165) is 5.69 Å². The van der Waals surface area contributed by atoms with Crippen molar-refractivity contribution in [3.63, 3.8) is 0 Å². The first-order chi connectivity index (χ1) is 9.10. The Labute approximate surface area is 113 Å². The van der Waals surface area contributed by atoms with Gasteiger partial charge in [0.1, 0.15) is 11.8 Å². The molecule has 1 heterocycles. The third kappa shape index (κ3) is 2.43. The van der Waals surface area contributed by atoms with Gasteiger partial charge < -0.3 is 15.4 Å². The van der Waals surface area contributed by atoms with Crippen molar-refractivity contribution in [2.24, 2.45) is 5.73 Å². The second-order valence-electron chi connectivity index (χ2n) is 4.89. The quantitative estimate of drug-likeness (QED) is 0.871. The number of hydrogen-bond donors (Lipinski definition) is 1. The summed E-state index contributed by atoms with van der Waals surface area (Å²) in [5.41, 5.74) is 6.55. The molecule has 1 fully saturated rings. The average molecular weight is 263 g/mol. The summed E-state index contributed by atoms with van der Waals surface area (Å²) in [6.45, 7) is 3.06. The monoisotopic (exact) mass is 263 g/mol. The first-order valence-corrected chi connectivity index (χ1v) is 6.46. The third-order valence-electron chi connectivity index (χ3n) is 3.78. The number of amides is 1. The Morgan fingerprint density at radius 2 is 2.11 bits per heavy atom. The largest absolute Gasteiger partial charge is 0.495 e. The zero-order valence-electron chi connectivity index (χ0n) is 11.7. The highest BCUT2D eigenvalue weighted by molar-refractivity contribution is 5.99. The summed E-state index contributed by atoms with van der Waals surface area (Å²) in [6, 6.07) is 7.56. The molecule has 1 aliphatic heterocycles. The molecule has 5 heteroatoms. The number of likely N-dealkylation sites (N-methyl/N-ethyl adjacent to an activating group) is 1. The second kappa shape index (κ2) is 5.59. The predicted octanol–water partition coefficient (Wildman–Crippen LogP) is 0.689. The van der Waals surface area contributed by atoms with Crippen molar-refractivity contribution in [1.29, 1.82) is 0 Å². The van der Waals surface area contributed by atoms with Gasteiger partial charge in [0.05, 0.1) is 12.8 Å². The molecule has 1 saturated heterocycles. The van der Waals surface area contributed by atoms with E-state index in [1.165, 1.54) is 0 Å². The van der Waals surface area contributed by atoms with E-state index < -0.39 is 0 Å². The maximum Gasteiger partial charge on any atom is 0.245 e. The molecule has 2 atom stereocenters. The van der Waals surface area contributed by atoms with E-state index in [9.17, 15) is 4.79 Å². The van der Waals surface area contributed by atoms with Gasteiger partial charge >= 0.3 is 0 Å². The second-order valence-corrected chi connectivity index (χ2v) is 4.89. The van der Waals surface area contributed by atoms with Crippen LogP contribution in [0.1, 0.15) is 6.92 Å². The van der Waals surface area contributed by atoms with Crippen LogP contribution in [0.25, 0.3) is 0 Å². The van der Waals surface area contributed by atoms with Gasteiger partial charge in [0.25, 0.3) is 0 Å². The van der Waals surface area contributed by atoms with Crippen LogP contribution in [0.4, 0.5) is 5.69 Å². The van der Waals surface area contributed by atoms with Crippen LogP contribution in [0, 0.1) is 0 Å². The molecule has 0 radical (unpaired) electrons. The number of nitrogens with two attached hydrogens (primary N) is 1. The van der Waals surface area contributed by atoms with Crippen LogP contribution in [0.3, 0.4) is 0 Å². The topological polar surface area (TPSA) is 58.8 Å². The molecule has 1 amide bonds. The molecule has 5 nitrogen and oxygen atoms in total. The molecule has 2 rings (SSSR count). The average Bonchev–Trinajstić information content (AvgIpc) is 2.43. The minimum atomic E-state index is -0.270. The van der Waals surface area contributed by atoms with E-state index in [1.807, 2.05) is 36.2 Å². The van der Waals surface area contributed by atoms with Gasteiger partial charge in [0, 0.05) is 19.1 Å².